The summed E-state index contributed by atoms with van der Waals surface area (Å²) in [6.45, 7) is 18.8. The van der Waals surface area contributed by atoms with Gasteiger partial charge in [-0.3, -0.25) is 0 Å². The van der Waals surface area contributed by atoms with Crippen LogP contribution >= 0.6 is 0 Å². The third-order valence-electron chi connectivity index (χ3n) is 7.00. The van der Waals surface area contributed by atoms with E-state index < -0.39 is 23.4 Å². The summed E-state index contributed by atoms with van der Waals surface area (Å²) >= 11 is 0. The van der Waals surface area contributed by atoms with Gasteiger partial charge in [0.1, 0.15) is 0 Å². The zero-order valence-corrected chi connectivity index (χ0v) is 29.0. The van der Waals surface area contributed by atoms with Crippen LogP contribution in [-0.2, 0) is 0 Å². The maximum Gasteiger partial charge on any atom is 0.0849 e. The second-order valence-electron chi connectivity index (χ2n) is 12.9. The molecule has 0 spiro atoms. The van der Waals surface area contributed by atoms with Crippen molar-refractivity contribution >= 4 is 0 Å². The Kier molecular flexibility index (Phi) is 20.2. The molecule has 0 aliphatic heterocycles. The molecule has 2 atom stereocenters. The summed E-state index contributed by atoms with van der Waals surface area (Å²) in [5.74, 6) is 0. The summed E-state index contributed by atoms with van der Waals surface area (Å²) in [6, 6.07) is 0. The van der Waals surface area contributed by atoms with Gasteiger partial charge in [0.25, 0.3) is 0 Å². The Balaban J connectivity index is 4.75. The van der Waals surface area contributed by atoms with E-state index in [4.69, 9.17) is 0 Å². The molecule has 0 saturated heterocycles. The van der Waals surface area contributed by atoms with Crippen molar-refractivity contribution in [3.8, 4) is 0 Å². The summed E-state index contributed by atoms with van der Waals surface area (Å²) < 4.78 is 0. The van der Waals surface area contributed by atoms with Gasteiger partial charge in [-0.1, -0.05) is 131 Å². The Morgan fingerprint density at radius 3 is 0.977 bits per heavy atom. The van der Waals surface area contributed by atoms with Crippen LogP contribution < -0.4 is 0 Å². The Hall–Kier alpha value is -3.02. The van der Waals surface area contributed by atoms with Crippen molar-refractivity contribution in [2.75, 3.05) is 0 Å². The number of aliphatic hydroxyl groups is 4. The highest BCUT2D eigenvalue weighted by atomic mass is 16.3. The monoisotopic (exact) mass is 604 g/mol. The molecule has 0 rings (SSSR count). The Bertz CT molecular complexity index is 1100. The molecular weight excluding hydrogens is 544 g/mol. The molecule has 4 N–H and O–H groups in total. The van der Waals surface area contributed by atoms with Gasteiger partial charge in [0.2, 0.25) is 0 Å². The predicted molar refractivity (Wildman–Crippen MR) is 191 cm³/mol. The summed E-state index contributed by atoms with van der Waals surface area (Å²) in [5.41, 5.74) is 4.77. The van der Waals surface area contributed by atoms with Crippen molar-refractivity contribution in [3.05, 3.63) is 131 Å². The van der Waals surface area contributed by atoms with Crippen molar-refractivity contribution in [2.45, 2.75) is 118 Å². The lowest BCUT2D eigenvalue weighted by Crippen LogP contribution is -2.35. The zero-order chi connectivity index (χ0) is 33.8. The quantitative estimate of drug-likeness (QED) is 0.118. The fraction of sp³-hybridized carbons (Fsp3) is 0.450. The minimum atomic E-state index is -1.07. The van der Waals surface area contributed by atoms with E-state index in [2.05, 4.69) is 76.3 Å². The molecule has 4 heteroatoms. The summed E-state index contributed by atoms with van der Waals surface area (Å²) in [4.78, 5) is 0. The van der Waals surface area contributed by atoms with E-state index >= 15 is 0 Å². The lowest BCUT2D eigenvalue weighted by atomic mass is 9.96. The number of aliphatic hydroxyl groups excluding tert-OH is 2. The molecular formula is C40H60O4. The molecule has 0 heterocycles. The molecule has 0 unspecified atom stereocenters. The van der Waals surface area contributed by atoms with E-state index in [1.165, 1.54) is 0 Å². The third kappa shape index (κ3) is 22.5. The first kappa shape index (κ1) is 41.0. The van der Waals surface area contributed by atoms with Crippen molar-refractivity contribution in [1.29, 1.82) is 0 Å². The van der Waals surface area contributed by atoms with E-state index in [0.29, 0.717) is 12.8 Å². The van der Waals surface area contributed by atoms with Crippen LogP contribution in [0.1, 0.15) is 94.9 Å². The van der Waals surface area contributed by atoms with Gasteiger partial charge in [0, 0.05) is 0 Å². The molecule has 0 radical (unpaired) electrons. The molecule has 4 nitrogen and oxygen atoms in total. The second kappa shape index (κ2) is 21.6. The van der Waals surface area contributed by atoms with Gasteiger partial charge in [-0.15, -0.1) is 0 Å². The van der Waals surface area contributed by atoms with Crippen LogP contribution in [0.2, 0.25) is 0 Å². The average molecular weight is 605 g/mol. The van der Waals surface area contributed by atoms with Crippen LogP contribution in [0.25, 0.3) is 0 Å². The SMILES string of the molecule is CC(/C=C\C=C(/C)CC[C@@H](O)C(C)(C)O)=C\C=C\C(C)=C\C=C\C=C(C)\C=C\C=C(C)\C=C/C=C(\C)CC[C@@H](O)C(C)(C)O. The molecule has 0 saturated carbocycles. The molecule has 244 valence electrons. The first-order chi connectivity index (χ1) is 20.4. The summed E-state index contributed by atoms with van der Waals surface area (Å²) in [7, 11) is 0. The van der Waals surface area contributed by atoms with Gasteiger partial charge in [-0.25, -0.2) is 0 Å². The molecule has 44 heavy (non-hydrogen) atoms. The largest absolute Gasteiger partial charge is 0.390 e. The van der Waals surface area contributed by atoms with Crippen LogP contribution in [-0.4, -0.2) is 43.8 Å². The van der Waals surface area contributed by atoms with Crippen molar-refractivity contribution in [3.63, 3.8) is 0 Å². The molecule has 0 aromatic heterocycles. The van der Waals surface area contributed by atoms with Crippen molar-refractivity contribution < 1.29 is 20.4 Å². The maximum absolute atomic E-state index is 9.96. The Morgan fingerprint density at radius 2 is 0.705 bits per heavy atom. The second-order valence-corrected chi connectivity index (χ2v) is 12.9. The molecule has 0 bridgehead atoms. The number of hydrogen-bond donors (Lipinski definition) is 4. The van der Waals surface area contributed by atoms with Crippen LogP contribution in [0, 0.1) is 0 Å². The molecule has 0 aromatic carbocycles. The normalized spacial score (nSPS) is 17.4. The standard InChI is InChI=1S/C40H60O4/c1-31(19-13-21-33(3)23-15-25-35(5)27-29-37(41)39(7,8)43)17-11-12-18-32(2)20-14-22-34(4)24-16-26-36(6)28-30-38(42)40(9,10)44/h11-26,37-38,41-44H,27-30H2,1-10H3/b12-11+,19-13+,20-14+,23-15-,24-16-,31-17+,32-18+,33-21+,34-22+,35-25+,36-26+/t37-,38-/m1/s1. The third-order valence-corrected chi connectivity index (χ3v) is 7.00. The van der Waals surface area contributed by atoms with Gasteiger partial charge in [0.15, 0.2) is 0 Å². The van der Waals surface area contributed by atoms with E-state index in [1.54, 1.807) is 27.7 Å². The maximum atomic E-state index is 9.96. The van der Waals surface area contributed by atoms with Gasteiger partial charge >= 0.3 is 0 Å². The van der Waals surface area contributed by atoms with Gasteiger partial charge in [-0.2, -0.15) is 0 Å². The lowest BCUT2D eigenvalue weighted by molar-refractivity contribution is -0.0510. The Morgan fingerprint density at radius 1 is 0.455 bits per heavy atom. The molecule has 0 aromatic rings. The minimum absolute atomic E-state index is 0.540. The first-order valence-electron chi connectivity index (χ1n) is 15.6. The molecule has 0 aliphatic carbocycles. The van der Waals surface area contributed by atoms with Crippen LogP contribution in [0.15, 0.2) is 131 Å². The molecule has 0 aliphatic rings. The highest BCUT2D eigenvalue weighted by Crippen LogP contribution is 2.17. The van der Waals surface area contributed by atoms with Crippen LogP contribution in [0.3, 0.4) is 0 Å². The molecule has 0 amide bonds. The van der Waals surface area contributed by atoms with E-state index in [1.807, 2.05) is 62.5 Å². The first-order valence-corrected chi connectivity index (χ1v) is 15.6. The number of hydrogen-bond acceptors (Lipinski definition) is 4. The predicted octanol–water partition coefficient (Wildman–Crippen LogP) is 9.27. The fourth-order valence-corrected chi connectivity index (χ4v) is 3.67. The van der Waals surface area contributed by atoms with E-state index in [0.717, 1.165) is 46.3 Å². The lowest BCUT2D eigenvalue weighted by Gasteiger charge is -2.24. The summed E-state index contributed by atoms with van der Waals surface area (Å²) in [6.07, 6.45) is 34.0. The van der Waals surface area contributed by atoms with Crippen molar-refractivity contribution in [2.24, 2.45) is 0 Å². The number of rotatable bonds is 18. The van der Waals surface area contributed by atoms with Crippen LogP contribution in [0.4, 0.5) is 0 Å². The van der Waals surface area contributed by atoms with Gasteiger partial charge in [0.05, 0.1) is 23.4 Å². The topological polar surface area (TPSA) is 80.9 Å². The van der Waals surface area contributed by atoms with Crippen molar-refractivity contribution in [1.82, 2.24) is 0 Å². The van der Waals surface area contributed by atoms with E-state index in [9.17, 15) is 20.4 Å². The highest BCUT2D eigenvalue weighted by molar-refractivity contribution is 5.32. The van der Waals surface area contributed by atoms with E-state index in [-0.39, 0.29) is 0 Å². The highest BCUT2D eigenvalue weighted by Gasteiger charge is 2.24. The average Bonchev–Trinajstić information content (AvgIpc) is 2.91. The summed E-state index contributed by atoms with van der Waals surface area (Å²) in [5, 5.41) is 39.6. The minimum Gasteiger partial charge on any atom is -0.390 e. The zero-order valence-electron chi connectivity index (χ0n) is 29.0. The van der Waals surface area contributed by atoms with Gasteiger partial charge in [-0.05, 0) is 94.9 Å². The van der Waals surface area contributed by atoms with Gasteiger partial charge < -0.3 is 20.4 Å². The smallest absolute Gasteiger partial charge is 0.0849 e. The number of allylic oxidation sites excluding steroid dienone is 22. The Labute approximate surface area is 269 Å². The fourth-order valence-electron chi connectivity index (χ4n) is 3.67. The van der Waals surface area contributed by atoms with Crippen LogP contribution in [0.5, 0.6) is 0 Å². The molecule has 0 fully saturated rings.